The molecule has 0 atom stereocenters. The van der Waals surface area contributed by atoms with Gasteiger partial charge in [0.1, 0.15) is 4.90 Å². The van der Waals surface area contributed by atoms with Crippen molar-refractivity contribution in [1.82, 2.24) is 0 Å². The second-order valence-electron chi connectivity index (χ2n) is 3.84. The highest BCUT2D eigenvalue weighted by Gasteiger charge is 2.22. The Morgan fingerprint density at radius 1 is 1.05 bits per heavy atom. The number of nitro benzene ring substituents is 1. The van der Waals surface area contributed by atoms with Crippen LogP contribution in [-0.2, 0) is 10.1 Å². The Balaban J connectivity index is 2.39. The molecular weight excluding hydrogens is 341 g/mol. The Labute approximate surface area is 130 Å². The van der Waals surface area contributed by atoms with E-state index in [0.717, 1.165) is 6.07 Å². The largest absolute Gasteiger partial charge is 0.377 e. The molecule has 2 aromatic carbocycles. The van der Waals surface area contributed by atoms with Gasteiger partial charge in [-0.05, 0) is 30.3 Å². The monoisotopic (exact) mass is 347 g/mol. The summed E-state index contributed by atoms with van der Waals surface area (Å²) in [5.41, 5.74) is -0.444. The molecule has 0 bridgehead atoms. The molecule has 0 N–H and O–H groups in total. The van der Waals surface area contributed by atoms with E-state index in [-0.39, 0.29) is 15.7 Å². The van der Waals surface area contributed by atoms with Gasteiger partial charge in [-0.25, -0.2) is 0 Å². The number of benzene rings is 2. The molecule has 2 aromatic rings. The SMILES string of the molecule is O=[N+]([O-])c1cccc(OS(=O)(=O)c2ccc(Cl)cc2)c1Cl. The molecule has 6 nitrogen and oxygen atoms in total. The predicted octanol–water partition coefficient (Wildman–Crippen LogP) is 3.67. The third kappa shape index (κ3) is 3.44. The van der Waals surface area contributed by atoms with Crippen molar-refractivity contribution in [1.29, 1.82) is 0 Å². The smallest absolute Gasteiger partial charge is 0.339 e. The molecule has 110 valence electrons. The first-order chi connectivity index (χ1) is 9.81. The molecule has 0 spiro atoms. The van der Waals surface area contributed by atoms with Gasteiger partial charge in [0, 0.05) is 11.1 Å². The Morgan fingerprint density at radius 2 is 1.67 bits per heavy atom. The molecule has 0 aliphatic carbocycles. The number of rotatable bonds is 4. The molecule has 0 aliphatic rings. The average molecular weight is 348 g/mol. The molecule has 21 heavy (non-hydrogen) atoms. The van der Waals surface area contributed by atoms with E-state index in [1.807, 2.05) is 0 Å². The van der Waals surface area contributed by atoms with Crippen molar-refractivity contribution in [3.05, 3.63) is 62.6 Å². The van der Waals surface area contributed by atoms with E-state index in [4.69, 9.17) is 27.4 Å². The van der Waals surface area contributed by atoms with Crippen LogP contribution >= 0.6 is 23.2 Å². The summed E-state index contributed by atoms with van der Waals surface area (Å²) in [6, 6.07) is 8.91. The summed E-state index contributed by atoms with van der Waals surface area (Å²) in [5, 5.41) is 10.7. The Kier molecular flexibility index (Phi) is 4.36. The normalized spacial score (nSPS) is 11.1. The Hall–Kier alpha value is -1.83. The number of hydrogen-bond acceptors (Lipinski definition) is 5. The average Bonchev–Trinajstić information content (AvgIpc) is 2.41. The molecule has 0 saturated carbocycles. The number of hydrogen-bond donors (Lipinski definition) is 0. The Bertz CT molecular complexity index is 790. The molecule has 2 rings (SSSR count). The molecule has 0 aliphatic heterocycles. The summed E-state index contributed by atoms with van der Waals surface area (Å²) in [4.78, 5) is 9.87. The van der Waals surface area contributed by atoms with E-state index in [1.54, 1.807) is 0 Å². The van der Waals surface area contributed by atoms with E-state index in [2.05, 4.69) is 0 Å². The second-order valence-corrected chi connectivity index (χ2v) is 6.20. The first-order valence-electron chi connectivity index (χ1n) is 5.44. The maximum absolute atomic E-state index is 12.1. The van der Waals surface area contributed by atoms with Gasteiger partial charge < -0.3 is 4.18 Å². The van der Waals surface area contributed by atoms with E-state index < -0.39 is 20.7 Å². The first-order valence-corrected chi connectivity index (χ1v) is 7.60. The summed E-state index contributed by atoms with van der Waals surface area (Å²) >= 11 is 11.4. The maximum Gasteiger partial charge on any atom is 0.339 e. The van der Waals surface area contributed by atoms with Gasteiger partial charge >= 0.3 is 10.1 Å². The van der Waals surface area contributed by atoms with Crippen LogP contribution in [-0.4, -0.2) is 13.3 Å². The zero-order chi connectivity index (χ0) is 15.6. The van der Waals surface area contributed by atoms with Gasteiger partial charge in [0.15, 0.2) is 10.8 Å². The van der Waals surface area contributed by atoms with Gasteiger partial charge in [-0.1, -0.05) is 29.3 Å². The third-order valence-corrected chi connectivity index (χ3v) is 4.32. The maximum atomic E-state index is 12.1. The van der Waals surface area contributed by atoms with E-state index >= 15 is 0 Å². The lowest BCUT2D eigenvalue weighted by Gasteiger charge is -2.08. The van der Waals surface area contributed by atoms with Crippen LogP contribution < -0.4 is 4.18 Å². The molecule has 0 radical (unpaired) electrons. The number of nitro groups is 1. The van der Waals surface area contributed by atoms with Crippen molar-refractivity contribution >= 4 is 39.0 Å². The van der Waals surface area contributed by atoms with Crippen molar-refractivity contribution < 1.29 is 17.5 Å². The molecule has 0 amide bonds. The van der Waals surface area contributed by atoms with Gasteiger partial charge in [-0.15, -0.1) is 0 Å². The fourth-order valence-electron chi connectivity index (χ4n) is 1.47. The van der Waals surface area contributed by atoms with E-state index in [9.17, 15) is 18.5 Å². The lowest BCUT2D eigenvalue weighted by atomic mass is 10.3. The summed E-state index contributed by atoms with van der Waals surface area (Å²) < 4.78 is 28.9. The zero-order valence-electron chi connectivity index (χ0n) is 10.2. The van der Waals surface area contributed by atoms with Gasteiger partial charge in [0.2, 0.25) is 0 Å². The molecular formula is C12H7Cl2NO5S. The lowest BCUT2D eigenvalue weighted by Crippen LogP contribution is -2.10. The van der Waals surface area contributed by atoms with Crippen molar-refractivity contribution in [2.24, 2.45) is 0 Å². The lowest BCUT2D eigenvalue weighted by molar-refractivity contribution is -0.384. The minimum atomic E-state index is -4.16. The Morgan fingerprint density at radius 3 is 2.24 bits per heavy atom. The summed E-state index contributed by atoms with van der Waals surface area (Å²) in [6.07, 6.45) is 0. The quantitative estimate of drug-likeness (QED) is 0.478. The highest BCUT2D eigenvalue weighted by molar-refractivity contribution is 7.87. The van der Waals surface area contributed by atoms with Crippen molar-refractivity contribution in [3.8, 4) is 5.75 Å². The van der Waals surface area contributed by atoms with Crippen LogP contribution in [0.4, 0.5) is 5.69 Å². The first kappa shape index (κ1) is 15.6. The van der Waals surface area contributed by atoms with Crippen LogP contribution in [0.5, 0.6) is 5.75 Å². The standard InChI is InChI=1S/C12H7Cl2NO5S/c13-8-4-6-9(7-5-8)21(18,19)20-11-3-1-2-10(12(11)14)15(16)17/h1-7H. The minimum absolute atomic E-state index is 0.144. The van der Waals surface area contributed by atoms with Crippen LogP contribution in [0.25, 0.3) is 0 Å². The topological polar surface area (TPSA) is 86.5 Å². The highest BCUT2D eigenvalue weighted by Crippen LogP contribution is 2.35. The van der Waals surface area contributed by atoms with Crippen LogP contribution in [0.3, 0.4) is 0 Å². The third-order valence-electron chi connectivity index (χ3n) is 2.44. The second kappa shape index (κ2) is 5.88. The van der Waals surface area contributed by atoms with Crippen LogP contribution in [0.1, 0.15) is 0 Å². The molecule has 0 saturated heterocycles. The summed E-state index contributed by atoms with van der Waals surface area (Å²) in [7, 11) is -4.16. The zero-order valence-corrected chi connectivity index (χ0v) is 12.5. The number of nitrogens with zero attached hydrogens (tertiary/aromatic N) is 1. The minimum Gasteiger partial charge on any atom is -0.377 e. The molecule has 9 heteroatoms. The highest BCUT2D eigenvalue weighted by atomic mass is 35.5. The van der Waals surface area contributed by atoms with Crippen LogP contribution in [0, 0.1) is 10.1 Å². The van der Waals surface area contributed by atoms with Crippen molar-refractivity contribution in [3.63, 3.8) is 0 Å². The van der Waals surface area contributed by atoms with Crippen LogP contribution in [0.2, 0.25) is 10.0 Å². The molecule has 0 aromatic heterocycles. The van der Waals surface area contributed by atoms with E-state index in [0.29, 0.717) is 5.02 Å². The number of halogens is 2. The van der Waals surface area contributed by atoms with Gasteiger partial charge in [-0.2, -0.15) is 8.42 Å². The summed E-state index contributed by atoms with van der Waals surface area (Å²) in [6.45, 7) is 0. The van der Waals surface area contributed by atoms with Gasteiger partial charge in [0.05, 0.1) is 4.92 Å². The predicted molar refractivity (Wildman–Crippen MR) is 77.4 cm³/mol. The molecule has 0 heterocycles. The molecule has 0 fully saturated rings. The van der Waals surface area contributed by atoms with E-state index in [1.165, 1.54) is 36.4 Å². The molecule has 0 unspecified atom stereocenters. The van der Waals surface area contributed by atoms with Gasteiger partial charge in [-0.3, -0.25) is 10.1 Å². The van der Waals surface area contributed by atoms with Crippen molar-refractivity contribution in [2.75, 3.05) is 0 Å². The fourth-order valence-corrected chi connectivity index (χ4v) is 2.82. The van der Waals surface area contributed by atoms with Crippen LogP contribution in [0.15, 0.2) is 47.4 Å². The fraction of sp³-hybridized carbons (Fsp3) is 0. The van der Waals surface area contributed by atoms with Crippen molar-refractivity contribution in [2.45, 2.75) is 4.90 Å². The summed E-state index contributed by atoms with van der Waals surface area (Å²) in [5.74, 6) is -0.319. The van der Waals surface area contributed by atoms with Gasteiger partial charge in [0.25, 0.3) is 5.69 Å².